The summed E-state index contributed by atoms with van der Waals surface area (Å²) in [4.78, 5) is 54.6. The minimum absolute atomic E-state index is 0.322. The summed E-state index contributed by atoms with van der Waals surface area (Å²) in [5.74, 6) is -4.01. The lowest BCUT2D eigenvalue weighted by atomic mass is 9.83. The Hall–Kier alpha value is -3.39. The van der Waals surface area contributed by atoms with Crippen LogP contribution in [0, 0.1) is 5.92 Å². The number of fused-ring (bicyclic) bond motifs is 2. The van der Waals surface area contributed by atoms with E-state index in [0.29, 0.717) is 31.1 Å². The molecule has 1 N–H and O–H groups in total. The number of imide groups is 1. The van der Waals surface area contributed by atoms with E-state index in [1.807, 2.05) is 0 Å². The number of rotatable bonds is 5. The van der Waals surface area contributed by atoms with Crippen LogP contribution in [0.5, 0.6) is 0 Å². The van der Waals surface area contributed by atoms with Crippen LogP contribution < -0.4 is 15.1 Å². The fraction of sp³-hybridized carbons (Fsp3) is 0.172. The number of hydrogen-bond acceptors (Lipinski definition) is 6. The molecular formula is C29H18BrClF3N3O4S2. The standard InChI is InChI=1S/C29H18BrClF3N3O4S2/c30-15-7-5-14(6-8-15)21-22-23(26(40)37(25(22)39)19-4-2-1-3-18(19)29(32,33)34)42-27-24(21)43-28(41)36(27)13-20(38)35-17-11-9-16(31)10-12-17/h1-12,21-23H,13H2,(H,35,38)/t21-,22-,23+/m0/s1. The largest absolute Gasteiger partial charge is 0.418 e. The molecule has 0 bridgehead atoms. The molecule has 0 aliphatic carbocycles. The van der Waals surface area contributed by atoms with Crippen LogP contribution in [-0.2, 0) is 27.1 Å². The van der Waals surface area contributed by atoms with Gasteiger partial charge in [-0.2, -0.15) is 13.2 Å². The smallest absolute Gasteiger partial charge is 0.325 e. The zero-order chi connectivity index (χ0) is 30.6. The molecule has 220 valence electrons. The summed E-state index contributed by atoms with van der Waals surface area (Å²) in [6.45, 7) is -0.381. The Bertz CT molecular complexity index is 1830. The summed E-state index contributed by atoms with van der Waals surface area (Å²) in [6, 6.07) is 17.8. The number of para-hydroxylation sites is 1. The Morgan fingerprint density at radius 2 is 1.63 bits per heavy atom. The average molecular weight is 709 g/mol. The maximum atomic E-state index is 13.9. The van der Waals surface area contributed by atoms with Crippen molar-refractivity contribution in [2.45, 2.75) is 28.9 Å². The highest BCUT2D eigenvalue weighted by molar-refractivity contribution is 9.10. The predicted octanol–water partition coefficient (Wildman–Crippen LogP) is 6.78. The van der Waals surface area contributed by atoms with Gasteiger partial charge in [-0.1, -0.05) is 74.9 Å². The molecule has 3 aromatic carbocycles. The second-order valence-electron chi connectivity index (χ2n) is 9.80. The number of hydrogen-bond donors (Lipinski definition) is 1. The van der Waals surface area contributed by atoms with E-state index in [2.05, 4.69) is 21.2 Å². The van der Waals surface area contributed by atoms with E-state index in [9.17, 15) is 32.3 Å². The fourth-order valence-corrected chi connectivity index (χ4v) is 8.47. The minimum atomic E-state index is -4.81. The van der Waals surface area contributed by atoms with Crippen molar-refractivity contribution in [2.24, 2.45) is 5.92 Å². The van der Waals surface area contributed by atoms with Gasteiger partial charge in [0.25, 0.3) is 0 Å². The summed E-state index contributed by atoms with van der Waals surface area (Å²) in [5.41, 5.74) is -0.586. The highest BCUT2D eigenvalue weighted by atomic mass is 79.9. The third kappa shape index (κ3) is 5.43. The van der Waals surface area contributed by atoms with Crippen LogP contribution in [0.3, 0.4) is 0 Å². The second kappa shape index (κ2) is 11.3. The molecule has 1 aromatic heterocycles. The van der Waals surface area contributed by atoms with Gasteiger partial charge in [0.2, 0.25) is 17.7 Å². The third-order valence-corrected chi connectivity index (χ3v) is 10.5. The topological polar surface area (TPSA) is 88.5 Å². The molecule has 2 aliphatic heterocycles. The predicted molar refractivity (Wildman–Crippen MR) is 162 cm³/mol. The van der Waals surface area contributed by atoms with Crippen molar-refractivity contribution >= 4 is 79.7 Å². The fourth-order valence-electron chi connectivity index (χ4n) is 5.31. The molecule has 4 aromatic rings. The molecule has 2 aliphatic rings. The summed E-state index contributed by atoms with van der Waals surface area (Å²) >= 11 is 11.1. The van der Waals surface area contributed by atoms with Gasteiger partial charge in [-0.15, -0.1) is 0 Å². The summed E-state index contributed by atoms with van der Waals surface area (Å²) < 4.78 is 43.8. The van der Waals surface area contributed by atoms with Crippen molar-refractivity contribution in [3.63, 3.8) is 0 Å². The Labute approximate surface area is 263 Å². The summed E-state index contributed by atoms with van der Waals surface area (Å²) in [6.07, 6.45) is -4.81. The number of aromatic nitrogens is 1. The second-order valence-corrected chi connectivity index (χ2v) is 13.3. The molecule has 1 fully saturated rings. The van der Waals surface area contributed by atoms with Gasteiger partial charge in [-0.25, -0.2) is 4.90 Å². The summed E-state index contributed by atoms with van der Waals surface area (Å²) in [5, 5.41) is 2.37. The van der Waals surface area contributed by atoms with Crippen molar-refractivity contribution in [3.05, 3.63) is 108 Å². The van der Waals surface area contributed by atoms with Gasteiger partial charge < -0.3 is 5.32 Å². The number of nitrogens with one attached hydrogen (secondary N) is 1. The Balaban J connectivity index is 1.43. The SMILES string of the molecule is O=C(Cn1c2c(sc1=O)[C@@H](c1ccc(Br)cc1)[C@@H]1C(=O)N(c3ccccc3C(F)(F)F)C(=O)[C@@H]1S2)Nc1ccc(Cl)cc1. The van der Waals surface area contributed by atoms with Crippen molar-refractivity contribution in [1.29, 1.82) is 0 Å². The van der Waals surface area contributed by atoms with E-state index in [1.54, 1.807) is 48.5 Å². The maximum Gasteiger partial charge on any atom is 0.418 e. The van der Waals surface area contributed by atoms with Gasteiger partial charge >= 0.3 is 11.0 Å². The van der Waals surface area contributed by atoms with E-state index in [0.717, 1.165) is 39.7 Å². The van der Waals surface area contributed by atoms with Crippen molar-refractivity contribution in [3.8, 4) is 0 Å². The number of thiazole rings is 1. The van der Waals surface area contributed by atoms with Gasteiger partial charge in [-0.05, 0) is 54.1 Å². The first-order chi connectivity index (χ1) is 20.4. The van der Waals surface area contributed by atoms with E-state index in [1.165, 1.54) is 16.7 Å². The normalized spacial score (nSPS) is 19.7. The number of carbonyl (C=O) groups excluding carboxylic acids is 3. The van der Waals surface area contributed by atoms with Crippen LogP contribution in [-0.4, -0.2) is 27.5 Å². The third-order valence-electron chi connectivity index (χ3n) is 7.16. The first-order valence-corrected chi connectivity index (χ1v) is 15.6. The first-order valence-electron chi connectivity index (χ1n) is 12.7. The number of amides is 3. The van der Waals surface area contributed by atoms with Crippen molar-refractivity contribution in [1.82, 2.24) is 4.57 Å². The number of benzene rings is 3. The molecule has 0 spiro atoms. The van der Waals surface area contributed by atoms with Gasteiger partial charge in [0, 0.05) is 26.0 Å². The van der Waals surface area contributed by atoms with Crippen LogP contribution >= 0.6 is 50.6 Å². The zero-order valence-corrected chi connectivity index (χ0v) is 25.6. The van der Waals surface area contributed by atoms with E-state index >= 15 is 0 Å². The molecule has 14 heteroatoms. The van der Waals surface area contributed by atoms with Crippen LogP contribution in [0.2, 0.25) is 5.02 Å². The highest BCUT2D eigenvalue weighted by Gasteiger charge is 2.57. The molecule has 7 nitrogen and oxygen atoms in total. The number of thioether (sulfide) groups is 1. The lowest BCUT2D eigenvalue weighted by molar-refractivity contribution is -0.137. The number of carbonyl (C=O) groups is 3. The average Bonchev–Trinajstić information content (AvgIpc) is 3.40. The molecule has 3 heterocycles. The van der Waals surface area contributed by atoms with Crippen LogP contribution in [0.4, 0.5) is 24.5 Å². The van der Waals surface area contributed by atoms with Crippen LogP contribution in [0.15, 0.2) is 87.1 Å². The molecule has 6 rings (SSSR count). The van der Waals surface area contributed by atoms with E-state index in [4.69, 9.17) is 11.6 Å². The van der Waals surface area contributed by atoms with Gasteiger partial charge in [0.15, 0.2) is 0 Å². The van der Waals surface area contributed by atoms with Crippen molar-refractivity contribution in [2.75, 3.05) is 10.2 Å². The van der Waals surface area contributed by atoms with Crippen LogP contribution in [0.1, 0.15) is 21.9 Å². The van der Waals surface area contributed by atoms with E-state index in [-0.39, 0.29) is 6.54 Å². The number of anilines is 2. The van der Waals surface area contributed by atoms with Gasteiger partial charge in [0.05, 0.1) is 22.2 Å². The summed E-state index contributed by atoms with van der Waals surface area (Å²) in [7, 11) is 0. The molecule has 43 heavy (non-hydrogen) atoms. The number of alkyl halides is 3. The first kappa shape index (κ1) is 29.7. The highest BCUT2D eigenvalue weighted by Crippen LogP contribution is 2.54. The van der Waals surface area contributed by atoms with Crippen LogP contribution in [0.25, 0.3) is 0 Å². The monoisotopic (exact) mass is 707 g/mol. The molecule has 1 saturated heterocycles. The molecule has 0 unspecified atom stereocenters. The number of halogens is 5. The van der Waals surface area contributed by atoms with E-state index < -0.39 is 57.1 Å². The quantitative estimate of drug-likeness (QED) is 0.231. The molecular weight excluding hydrogens is 691 g/mol. The molecule has 3 amide bonds. The Morgan fingerprint density at radius 3 is 2.30 bits per heavy atom. The van der Waals surface area contributed by atoms with Crippen molar-refractivity contribution < 1.29 is 27.6 Å². The maximum absolute atomic E-state index is 13.9. The van der Waals surface area contributed by atoms with Gasteiger partial charge in [0.1, 0.15) is 11.8 Å². The minimum Gasteiger partial charge on any atom is -0.325 e. The molecule has 3 atom stereocenters. The number of nitrogens with zero attached hydrogens (tertiary/aromatic N) is 2. The lowest BCUT2D eigenvalue weighted by Gasteiger charge is -2.30. The Kier molecular flexibility index (Phi) is 7.78. The molecule has 0 radical (unpaired) electrons. The Morgan fingerprint density at radius 1 is 0.953 bits per heavy atom. The zero-order valence-electron chi connectivity index (χ0n) is 21.6. The lowest BCUT2D eigenvalue weighted by Crippen LogP contribution is -2.33. The molecule has 0 saturated carbocycles. The van der Waals surface area contributed by atoms with Gasteiger partial charge in [-0.3, -0.25) is 23.7 Å².